The molecule has 190 valence electrons. The molecule has 5 heterocycles. The lowest BCUT2D eigenvalue weighted by Gasteiger charge is -2.26. The van der Waals surface area contributed by atoms with E-state index in [-0.39, 0.29) is 17.8 Å². The summed E-state index contributed by atoms with van der Waals surface area (Å²) in [5.74, 6) is 0.426. The van der Waals surface area contributed by atoms with E-state index < -0.39 is 12.2 Å². The third-order valence-corrected chi connectivity index (χ3v) is 7.74. The van der Waals surface area contributed by atoms with Crippen molar-refractivity contribution in [3.63, 3.8) is 0 Å². The van der Waals surface area contributed by atoms with Crippen molar-refractivity contribution in [2.75, 3.05) is 18.1 Å². The van der Waals surface area contributed by atoms with Crippen LogP contribution in [0.4, 0.5) is 14.7 Å². The molecule has 0 radical (unpaired) electrons. The first-order valence-electron chi connectivity index (χ1n) is 12.4. The summed E-state index contributed by atoms with van der Waals surface area (Å²) in [4.78, 5) is 16.2. The molecule has 0 amide bonds. The van der Waals surface area contributed by atoms with Crippen molar-refractivity contribution in [1.82, 2.24) is 19.4 Å². The Hall–Kier alpha value is -3.63. The molecule has 4 aromatic rings. The molecule has 7 rings (SSSR count). The zero-order valence-electron chi connectivity index (χ0n) is 20.1. The number of para-hydroxylation sites is 1. The van der Waals surface area contributed by atoms with Gasteiger partial charge in [0.1, 0.15) is 17.0 Å². The molecular weight excluding hydrogens is 480 g/mol. The van der Waals surface area contributed by atoms with Crippen LogP contribution in [0.3, 0.4) is 0 Å². The molecule has 37 heavy (non-hydrogen) atoms. The first-order valence-corrected chi connectivity index (χ1v) is 12.4. The Morgan fingerprint density at radius 3 is 2.68 bits per heavy atom. The maximum absolute atomic E-state index is 13.1. The number of anilines is 1. The fourth-order valence-electron chi connectivity index (χ4n) is 6.05. The number of rotatable bonds is 5. The van der Waals surface area contributed by atoms with Crippen LogP contribution in [0.5, 0.6) is 5.75 Å². The Bertz CT molecular complexity index is 1490. The second-order valence-corrected chi connectivity index (χ2v) is 10.2. The van der Waals surface area contributed by atoms with Gasteiger partial charge >= 0.3 is 6.61 Å². The highest BCUT2D eigenvalue weighted by molar-refractivity contribution is 5.65. The van der Waals surface area contributed by atoms with Crippen LogP contribution in [0.25, 0.3) is 16.8 Å². The van der Waals surface area contributed by atoms with E-state index in [9.17, 15) is 13.9 Å². The summed E-state index contributed by atoms with van der Waals surface area (Å²) >= 11 is 0. The lowest BCUT2D eigenvalue weighted by atomic mass is 9.93. The fourth-order valence-corrected chi connectivity index (χ4v) is 6.05. The topological polar surface area (TPSA) is 85.0 Å². The summed E-state index contributed by atoms with van der Waals surface area (Å²) < 4.78 is 38.7. The van der Waals surface area contributed by atoms with Crippen LogP contribution >= 0.6 is 0 Å². The number of benzene rings is 1. The molecule has 1 unspecified atom stereocenters. The van der Waals surface area contributed by atoms with Crippen LogP contribution in [0, 0.1) is 0 Å². The van der Waals surface area contributed by atoms with Crippen molar-refractivity contribution in [3.05, 3.63) is 71.9 Å². The molecule has 10 heteroatoms. The van der Waals surface area contributed by atoms with E-state index in [1.54, 1.807) is 25.1 Å². The second-order valence-electron chi connectivity index (χ2n) is 10.2. The van der Waals surface area contributed by atoms with Gasteiger partial charge in [0.25, 0.3) is 0 Å². The number of ether oxygens (including phenoxy) is 2. The van der Waals surface area contributed by atoms with Gasteiger partial charge < -0.3 is 23.9 Å². The minimum absolute atomic E-state index is 0.0993. The number of halogens is 2. The van der Waals surface area contributed by atoms with E-state index in [2.05, 4.69) is 14.9 Å². The van der Waals surface area contributed by atoms with Gasteiger partial charge in [-0.05, 0) is 38.0 Å². The highest BCUT2D eigenvalue weighted by Crippen LogP contribution is 2.49. The quantitative estimate of drug-likeness (QED) is 0.437. The van der Waals surface area contributed by atoms with Crippen LogP contribution in [-0.4, -0.2) is 56.4 Å². The van der Waals surface area contributed by atoms with E-state index in [0.29, 0.717) is 41.9 Å². The molecule has 1 aliphatic carbocycles. The van der Waals surface area contributed by atoms with Crippen molar-refractivity contribution in [3.8, 4) is 16.9 Å². The highest BCUT2D eigenvalue weighted by atomic mass is 19.3. The number of aromatic nitrogens is 4. The van der Waals surface area contributed by atoms with Crippen molar-refractivity contribution in [2.45, 2.75) is 50.0 Å². The Balaban J connectivity index is 1.28. The van der Waals surface area contributed by atoms with Gasteiger partial charge in [0, 0.05) is 47.7 Å². The smallest absolute Gasteiger partial charge is 0.387 e. The minimum atomic E-state index is -2.94. The van der Waals surface area contributed by atoms with E-state index in [4.69, 9.17) is 14.5 Å². The monoisotopic (exact) mass is 505 g/mol. The number of hydrogen-bond donors (Lipinski definition) is 1. The van der Waals surface area contributed by atoms with Crippen LogP contribution in [0.15, 0.2) is 55.0 Å². The molecule has 2 fully saturated rings. The van der Waals surface area contributed by atoms with Gasteiger partial charge in [-0.25, -0.2) is 15.0 Å². The molecule has 8 nitrogen and oxygen atoms in total. The first kappa shape index (κ1) is 22.6. The SMILES string of the molecule is C[C@@]1(O)C[C@H](c2ccccc2OC(F)F)c2c1nc1ccc(-c3cnc(N4CC5C[C@H]4CO5)nc3)cn21. The highest BCUT2D eigenvalue weighted by Gasteiger charge is 2.45. The van der Waals surface area contributed by atoms with Crippen molar-refractivity contribution >= 4 is 11.6 Å². The molecule has 1 aromatic carbocycles. The predicted molar refractivity (Wildman–Crippen MR) is 131 cm³/mol. The van der Waals surface area contributed by atoms with Crippen molar-refractivity contribution in [1.29, 1.82) is 0 Å². The molecule has 3 aliphatic rings. The Morgan fingerprint density at radius 2 is 1.95 bits per heavy atom. The fraction of sp³-hybridized carbons (Fsp3) is 0.370. The van der Waals surface area contributed by atoms with Gasteiger partial charge in [0.05, 0.1) is 30.1 Å². The standard InChI is InChI=1S/C27H25F2N5O3/c1-27(35)9-20(19-4-2-3-5-21(19)37-25(28)29)23-24(27)32-22-7-6-15(12-34(22)23)16-10-30-26(31-11-16)33-13-18-8-17(33)14-36-18/h2-7,10-12,17-18,20,25,35H,8-9,13-14H2,1H3/t17-,18?,20+,27+/m0/s1. The lowest BCUT2D eigenvalue weighted by molar-refractivity contribution is -0.0506. The van der Waals surface area contributed by atoms with Gasteiger partial charge in [-0.1, -0.05) is 18.2 Å². The molecule has 2 saturated heterocycles. The average Bonchev–Trinajstić information content (AvgIpc) is 3.65. The summed E-state index contributed by atoms with van der Waals surface area (Å²) in [5, 5.41) is 11.2. The molecule has 2 aliphatic heterocycles. The van der Waals surface area contributed by atoms with Crippen molar-refractivity contribution < 1.29 is 23.4 Å². The predicted octanol–water partition coefficient (Wildman–Crippen LogP) is 4.11. The summed E-state index contributed by atoms with van der Waals surface area (Å²) in [7, 11) is 0. The third-order valence-electron chi connectivity index (χ3n) is 7.74. The van der Waals surface area contributed by atoms with Gasteiger partial charge in [-0.15, -0.1) is 0 Å². The summed E-state index contributed by atoms with van der Waals surface area (Å²) in [5.41, 5.74) is 3.07. The van der Waals surface area contributed by atoms with Gasteiger partial charge in [0.15, 0.2) is 0 Å². The van der Waals surface area contributed by atoms with Crippen LogP contribution < -0.4 is 9.64 Å². The minimum Gasteiger partial charge on any atom is -0.435 e. The molecule has 0 saturated carbocycles. The maximum atomic E-state index is 13.1. The van der Waals surface area contributed by atoms with E-state index >= 15 is 0 Å². The Kier molecular flexibility index (Phi) is 4.99. The Labute approximate surface area is 211 Å². The Morgan fingerprint density at radius 1 is 1.14 bits per heavy atom. The van der Waals surface area contributed by atoms with Crippen LogP contribution in [0.1, 0.15) is 42.6 Å². The summed E-state index contributed by atoms with van der Waals surface area (Å²) in [6.07, 6.45) is 7.15. The zero-order chi connectivity index (χ0) is 25.3. The van der Waals surface area contributed by atoms with Crippen LogP contribution in [-0.2, 0) is 10.3 Å². The van der Waals surface area contributed by atoms with Crippen LogP contribution in [0.2, 0.25) is 0 Å². The number of aliphatic hydroxyl groups is 1. The number of nitrogens with zero attached hydrogens (tertiary/aromatic N) is 5. The van der Waals surface area contributed by atoms with Gasteiger partial charge in [-0.2, -0.15) is 8.78 Å². The number of morpholine rings is 1. The second kappa shape index (κ2) is 8.19. The molecular formula is C27H25F2N5O3. The average molecular weight is 506 g/mol. The normalized spacial score (nSPS) is 26.4. The largest absolute Gasteiger partial charge is 0.435 e. The number of alkyl halides is 2. The summed E-state index contributed by atoms with van der Waals surface area (Å²) in [6, 6.07) is 10.9. The van der Waals surface area contributed by atoms with Crippen molar-refractivity contribution in [2.24, 2.45) is 0 Å². The summed E-state index contributed by atoms with van der Waals surface area (Å²) in [6.45, 7) is 0.296. The zero-order valence-corrected chi connectivity index (χ0v) is 20.1. The van der Waals surface area contributed by atoms with Gasteiger partial charge in [0.2, 0.25) is 5.95 Å². The molecule has 2 bridgehead atoms. The molecule has 3 aromatic heterocycles. The maximum Gasteiger partial charge on any atom is 0.387 e. The van der Waals surface area contributed by atoms with E-state index in [1.807, 2.05) is 35.1 Å². The number of imidazole rings is 1. The molecule has 4 atom stereocenters. The number of pyridine rings is 1. The third kappa shape index (κ3) is 3.66. The molecule has 1 N–H and O–H groups in total. The molecule has 0 spiro atoms. The first-order chi connectivity index (χ1) is 17.9. The number of fused-ring (bicyclic) bond motifs is 5. The number of hydrogen-bond acceptors (Lipinski definition) is 7. The van der Waals surface area contributed by atoms with E-state index in [0.717, 1.165) is 29.8 Å². The van der Waals surface area contributed by atoms with Gasteiger partial charge in [-0.3, -0.25) is 0 Å². The van der Waals surface area contributed by atoms with E-state index in [1.165, 1.54) is 6.07 Å². The lowest BCUT2D eigenvalue weighted by Crippen LogP contribution is -2.38.